The van der Waals surface area contributed by atoms with E-state index in [-0.39, 0.29) is 24.3 Å². The number of benzene rings is 3. The van der Waals surface area contributed by atoms with E-state index in [4.69, 9.17) is 5.73 Å². The Kier molecular flexibility index (Phi) is 8.60. The minimum absolute atomic E-state index is 0.0214. The number of nitrogens with two attached hydrogens (primary N) is 1. The molecule has 0 aromatic heterocycles. The minimum atomic E-state index is -0.743. The van der Waals surface area contributed by atoms with E-state index in [1.165, 1.54) is 11.6 Å². The molecule has 3 aromatic rings. The van der Waals surface area contributed by atoms with Crippen molar-refractivity contribution < 1.29 is 20.1 Å². The lowest BCUT2D eigenvalue weighted by atomic mass is 9.97. The predicted molar refractivity (Wildman–Crippen MR) is 130 cm³/mol. The number of primary amides is 1. The molecule has 0 fully saturated rings. The van der Waals surface area contributed by atoms with Crippen molar-refractivity contribution in [2.24, 2.45) is 5.73 Å². The molecular formula is C27H32N2O4. The zero-order valence-corrected chi connectivity index (χ0v) is 18.9. The second kappa shape index (κ2) is 11.6. The minimum Gasteiger partial charge on any atom is -0.508 e. The first-order valence-corrected chi connectivity index (χ1v) is 11.2. The summed E-state index contributed by atoms with van der Waals surface area (Å²) in [6, 6.07) is 21.4. The summed E-state index contributed by atoms with van der Waals surface area (Å²) in [5, 5.41) is 32.8. The zero-order valence-electron chi connectivity index (χ0n) is 18.9. The molecule has 0 aliphatic heterocycles. The first-order valence-electron chi connectivity index (χ1n) is 11.2. The average molecular weight is 449 g/mol. The van der Waals surface area contributed by atoms with Gasteiger partial charge in [-0.15, -0.1) is 0 Å². The molecule has 33 heavy (non-hydrogen) atoms. The molecule has 0 saturated heterocycles. The number of aliphatic hydroxyl groups is 2. The van der Waals surface area contributed by atoms with Crippen LogP contribution in [0.25, 0.3) is 11.1 Å². The van der Waals surface area contributed by atoms with E-state index in [1.54, 1.807) is 12.1 Å². The summed E-state index contributed by atoms with van der Waals surface area (Å²) in [5.74, 6) is -0.277. The fourth-order valence-electron chi connectivity index (χ4n) is 3.85. The summed E-state index contributed by atoms with van der Waals surface area (Å²) in [6.07, 6.45) is 1.02. The maximum Gasteiger partial charge on any atom is 0.217 e. The van der Waals surface area contributed by atoms with Gasteiger partial charge in [0.25, 0.3) is 0 Å². The third-order valence-corrected chi connectivity index (χ3v) is 5.71. The van der Waals surface area contributed by atoms with Gasteiger partial charge in [0.15, 0.2) is 0 Å². The third kappa shape index (κ3) is 7.15. The molecule has 174 valence electrons. The van der Waals surface area contributed by atoms with E-state index in [1.807, 2.05) is 18.2 Å². The summed E-state index contributed by atoms with van der Waals surface area (Å²) < 4.78 is 0. The van der Waals surface area contributed by atoms with E-state index in [0.717, 1.165) is 23.1 Å². The smallest absolute Gasteiger partial charge is 0.217 e. The standard InChI is InChI=1S/C27H32N2O4/c1-18(29-16-26(32)23-9-10-25(31)24(15-23)17-30)12-20-5-3-7-22(14-20)21-6-2-4-19(13-21)8-11-27(28)33/h2-7,9-10,13-15,18,26,29-32H,8,11-12,16-17H2,1H3,(H2,28,33)/t18-,26+/m1/s1. The van der Waals surface area contributed by atoms with Crippen molar-refractivity contribution in [1.82, 2.24) is 5.32 Å². The first-order chi connectivity index (χ1) is 15.9. The molecule has 0 saturated carbocycles. The van der Waals surface area contributed by atoms with Gasteiger partial charge in [-0.25, -0.2) is 0 Å². The first kappa shape index (κ1) is 24.5. The van der Waals surface area contributed by atoms with Gasteiger partial charge in [-0.1, -0.05) is 54.6 Å². The second-order valence-electron chi connectivity index (χ2n) is 8.44. The lowest BCUT2D eigenvalue weighted by Gasteiger charge is -2.18. The molecule has 3 rings (SSSR count). The number of rotatable bonds is 11. The molecule has 0 aliphatic rings. The van der Waals surface area contributed by atoms with Gasteiger partial charge in [-0.05, 0) is 59.7 Å². The monoisotopic (exact) mass is 448 g/mol. The Morgan fingerprint density at radius 2 is 1.67 bits per heavy atom. The molecule has 1 amide bonds. The SMILES string of the molecule is C[C@H](Cc1cccc(-c2cccc(CCC(N)=O)c2)c1)NC[C@H](O)c1ccc(O)c(CO)c1. The molecule has 0 bridgehead atoms. The van der Waals surface area contributed by atoms with Crippen molar-refractivity contribution in [2.45, 2.75) is 44.9 Å². The van der Waals surface area contributed by atoms with Crippen LogP contribution in [0.1, 0.15) is 41.7 Å². The van der Waals surface area contributed by atoms with E-state index < -0.39 is 6.10 Å². The fraction of sp³-hybridized carbons (Fsp3) is 0.296. The van der Waals surface area contributed by atoms with Gasteiger partial charge < -0.3 is 26.4 Å². The van der Waals surface area contributed by atoms with Crippen molar-refractivity contribution in [3.63, 3.8) is 0 Å². The van der Waals surface area contributed by atoms with Gasteiger partial charge >= 0.3 is 0 Å². The van der Waals surface area contributed by atoms with Gasteiger partial charge in [-0.3, -0.25) is 4.79 Å². The molecule has 0 heterocycles. The van der Waals surface area contributed by atoms with Crippen LogP contribution >= 0.6 is 0 Å². The zero-order chi connectivity index (χ0) is 23.8. The van der Waals surface area contributed by atoms with E-state index in [9.17, 15) is 20.1 Å². The lowest BCUT2D eigenvalue weighted by Crippen LogP contribution is -2.32. The normalized spacial score (nSPS) is 12.9. The van der Waals surface area contributed by atoms with E-state index in [2.05, 4.69) is 42.6 Å². The van der Waals surface area contributed by atoms with Crippen molar-refractivity contribution in [3.05, 3.63) is 89.0 Å². The van der Waals surface area contributed by atoms with E-state index >= 15 is 0 Å². The fourth-order valence-corrected chi connectivity index (χ4v) is 3.85. The summed E-state index contributed by atoms with van der Waals surface area (Å²) in [5.41, 5.74) is 10.8. The van der Waals surface area contributed by atoms with Crippen LogP contribution in [0.15, 0.2) is 66.7 Å². The molecule has 0 spiro atoms. The lowest BCUT2D eigenvalue weighted by molar-refractivity contribution is -0.117. The highest BCUT2D eigenvalue weighted by Crippen LogP contribution is 2.24. The highest BCUT2D eigenvalue weighted by Gasteiger charge is 2.12. The van der Waals surface area contributed by atoms with Crippen LogP contribution < -0.4 is 11.1 Å². The Labute approximate surface area is 194 Å². The number of aliphatic hydroxyl groups excluding tert-OH is 2. The van der Waals surface area contributed by atoms with Crippen LogP contribution in [0.5, 0.6) is 5.75 Å². The third-order valence-electron chi connectivity index (χ3n) is 5.71. The number of aryl methyl sites for hydroxylation is 1. The van der Waals surface area contributed by atoms with Gasteiger partial charge in [0.05, 0.1) is 12.7 Å². The highest BCUT2D eigenvalue weighted by atomic mass is 16.3. The Bertz CT molecular complexity index is 1080. The molecule has 6 heteroatoms. The van der Waals surface area contributed by atoms with Crippen LogP contribution in [-0.4, -0.2) is 33.8 Å². The van der Waals surface area contributed by atoms with Crippen molar-refractivity contribution >= 4 is 5.91 Å². The molecule has 6 nitrogen and oxygen atoms in total. The Balaban J connectivity index is 1.60. The Morgan fingerprint density at radius 1 is 1.00 bits per heavy atom. The second-order valence-corrected chi connectivity index (χ2v) is 8.44. The summed E-state index contributed by atoms with van der Waals surface area (Å²) in [6.45, 7) is 2.15. The van der Waals surface area contributed by atoms with E-state index in [0.29, 0.717) is 30.5 Å². The summed E-state index contributed by atoms with van der Waals surface area (Å²) in [4.78, 5) is 11.1. The van der Waals surface area contributed by atoms with Crippen molar-refractivity contribution in [1.29, 1.82) is 0 Å². The molecule has 0 unspecified atom stereocenters. The molecule has 6 N–H and O–H groups in total. The average Bonchev–Trinajstić information content (AvgIpc) is 2.82. The van der Waals surface area contributed by atoms with Crippen LogP contribution in [0.2, 0.25) is 0 Å². The number of carbonyl (C=O) groups is 1. The summed E-state index contributed by atoms with van der Waals surface area (Å²) >= 11 is 0. The number of hydrogen-bond donors (Lipinski definition) is 5. The molecule has 3 aromatic carbocycles. The Hall–Kier alpha value is -3.19. The Morgan fingerprint density at radius 3 is 2.33 bits per heavy atom. The predicted octanol–water partition coefficient (Wildman–Crippen LogP) is 3.22. The van der Waals surface area contributed by atoms with Gasteiger partial charge in [-0.2, -0.15) is 0 Å². The number of hydrogen-bond acceptors (Lipinski definition) is 5. The molecule has 2 atom stereocenters. The van der Waals surface area contributed by atoms with Crippen LogP contribution in [0, 0.1) is 0 Å². The van der Waals surface area contributed by atoms with Crippen LogP contribution in [0.4, 0.5) is 0 Å². The topological polar surface area (TPSA) is 116 Å². The van der Waals surface area contributed by atoms with Crippen molar-refractivity contribution in [3.8, 4) is 16.9 Å². The number of phenols is 1. The number of carbonyl (C=O) groups excluding carboxylic acids is 1. The number of amides is 1. The van der Waals surface area contributed by atoms with Crippen LogP contribution in [0.3, 0.4) is 0 Å². The number of nitrogens with one attached hydrogen (secondary N) is 1. The highest BCUT2D eigenvalue weighted by molar-refractivity contribution is 5.74. The maximum atomic E-state index is 11.1. The van der Waals surface area contributed by atoms with Crippen molar-refractivity contribution in [2.75, 3.05) is 6.54 Å². The van der Waals surface area contributed by atoms with Gasteiger partial charge in [0.2, 0.25) is 5.91 Å². The molecule has 0 aliphatic carbocycles. The summed E-state index contributed by atoms with van der Waals surface area (Å²) in [7, 11) is 0. The maximum absolute atomic E-state index is 11.1. The number of aromatic hydroxyl groups is 1. The quantitative estimate of drug-likeness (QED) is 0.309. The van der Waals surface area contributed by atoms with Gasteiger partial charge in [0.1, 0.15) is 5.75 Å². The van der Waals surface area contributed by atoms with Crippen LogP contribution in [-0.2, 0) is 24.2 Å². The molecule has 0 radical (unpaired) electrons. The molecular weight excluding hydrogens is 416 g/mol. The largest absolute Gasteiger partial charge is 0.508 e. The van der Waals surface area contributed by atoms with Gasteiger partial charge in [0, 0.05) is 24.6 Å².